The molecule has 3 amide bonds. The highest BCUT2D eigenvalue weighted by atomic mass is 35.5. The van der Waals surface area contributed by atoms with E-state index in [1.165, 1.54) is 4.90 Å². The lowest BCUT2D eigenvalue weighted by Gasteiger charge is -2.42. The largest absolute Gasteiger partial charge is 0.338 e. The topological polar surface area (TPSA) is 78.7 Å². The Bertz CT molecular complexity index is 604. The molecule has 1 atom stereocenters. The molecule has 3 N–H and O–H groups in total. The average molecular weight is 355 g/mol. The highest BCUT2D eigenvalue weighted by Crippen LogP contribution is 2.28. The minimum absolute atomic E-state index is 0. The van der Waals surface area contributed by atoms with Crippen molar-refractivity contribution in [3.05, 3.63) is 29.8 Å². The van der Waals surface area contributed by atoms with Crippen LogP contribution in [0.3, 0.4) is 0 Å². The summed E-state index contributed by atoms with van der Waals surface area (Å²) in [6.45, 7) is 5.48. The van der Waals surface area contributed by atoms with Gasteiger partial charge in [0.2, 0.25) is 0 Å². The number of rotatable bonds is 2. The molecule has 1 aromatic carbocycles. The number of benzene rings is 1. The number of carbonyl (C=O) groups excluding carboxylic acids is 2. The average Bonchev–Trinajstić information content (AvgIpc) is 2.49. The van der Waals surface area contributed by atoms with Crippen molar-refractivity contribution in [3.8, 4) is 0 Å². The van der Waals surface area contributed by atoms with Gasteiger partial charge in [-0.15, -0.1) is 12.4 Å². The normalized spacial score (nSPS) is 19.2. The summed E-state index contributed by atoms with van der Waals surface area (Å²) in [5.41, 5.74) is 7.23. The molecule has 0 saturated carbocycles. The van der Waals surface area contributed by atoms with Crippen molar-refractivity contribution in [2.75, 3.05) is 32.5 Å². The van der Waals surface area contributed by atoms with Crippen LogP contribution in [-0.2, 0) is 0 Å². The van der Waals surface area contributed by atoms with Crippen LogP contribution in [0.1, 0.15) is 30.6 Å². The highest BCUT2D eigenvalue weighted by Gasteiger charge is 2.35. The first kappa shape index (κ1) is 20.3. The third-order valence-electron chi connectivity index (χ3n) is 4.37. The van der Waals surface area contributed by atoms with E-state index in [2.05, 4.69) is 19.2 Å². The molecule has 134 valence electrons. The third kappa shape index (κ3) is 4.61. The summed E-state index contributed by atoms with van der Waals surface area (Å²) in [6, 6.07) is 6.92. The minimum Gasteiger partial charge on any atom is -0.338 e. The first-order valence-electron chi connectivity index (χ1n) is 7.84. The number of piperidine rings is 1. The van der Waals surface area contributed by atoms with Crippen molar-refractivity contribution >= 4 is 30.0 Å². The number of urea groups is 1. The molecular formula is C17H27ClN4O2. The molecule has 1 aliphatic heterocycles. The second kappa shape index (κ2) is 7.85. The van der Waals surface area contributed by atoms with Crippen molar-refractivity contribution in [1.82, 2.24) is 9.80 Å². The van der Waals surface area contributed by atoms with E-state index in [0.29, 0.717) is 24.3 Å². The van der Waals surface area contributed by atoms with Gasteiger partial charge in [0, 0.05) is 44.5 Å². The summed E-state index contributed by atoms with van der Waals surface area (Å²) in [5, 5.41) is 2.76. The number of nitrogens with zero attached hydrogens (tertiary/aromatic N) is 2. The maximum Gasteiger partial charge on any atom is 0.321 e. The number of hydrogen-bond donors (Lipinski definition) is 2. The van der Waals surface area contributed by atoms with E-state index < -0.39 is 0 Å². The molecule has 0 radical (unpaired) electrons. The molecule has 1 aliphatic rings. The van der Waals surface area contributed by atoms with Gasteiger partial charge in [-0.1, -0.05) is 19.9 Å². The second-order valence-corrected chi connectivity index (χ2v) is 7.02. The van der Waals surface area contributed by atoms with E-state index in [1.807, 2.05) is 4.90 Å². The first-order chi connectivity index (χ1) is 10.7. The van der Waals surface area contributed by atoms with Crippen molar-refractivity contribution in [3.63, 3.8) is 0 Å². The monoisotopic (exact) mass is 354 g/mol. The lowest BCUT2D eigenvalue weighted by atomic mass is 9.79. The number of hydrogen-bond acceptors (Lipinski definition) is 3. The Kier molecular flexibility index (Phi) is 6.63. The van der Waals surface area contributed by atoms with Crippen LogP contribution < -0.4 is 11.1 Å². The van der Waals surface area contributed by atoms with Crippen LogP contribution in [0.2, 0.25) is 0 Å². The molecule has 1 aromatic rings. The van der Waals surface area contributed by atoms with Gasteiger partial charge in [-0.05, 0) is 30.0 Å². The molecule has 0 bridgehead atoms. The van der Waals surface area contributed by atoms with Crippen LogP contribution in [0.15, 0.2) is 24.3 Å². The van der Waals surface area contributed by atoms with Crippen LogP contribution in [0, 0.1) is 5.41 Å². The molecule has 0 aromatic heterocycles. The molecule has 1 fully saturated rings. The van der Waals surface area contributed by atoms with Crippen molar-refractivity contribution < 1.29 is 9.59 Å². The van der Waals surface area contributed by atoms with E-state index in [0.717, 1.165) is 6.42 Å². The summed E-state index contributed by atoms with van der Waals surface area (Å²) in [5.74, 6) is -0.0223. The minimum atomic E-state index is -0.223. The fraction of sp³-hybridized carbons (Fsp3) is 0.529. The van der Waals surface area contributed by atoms with Crippen molar-refractivity contribution in [2.45, 2.75) is 26.3 Å². The Morgan fingerprint density at radius 1 is 1.33 bits per heavy atom. The third-order valence-corrected chi connectivity index (χ3v) is 4.37. The molecule has 7 heteroatoms. The zero-order valence-electron chi connectivity index (χ0n) is 14.7. The van der Waals surface area contributed by atoms with Crippen LogP contribution >= 0.6 is 12.4 Å². The summed E-state index contributed by atoms with van der Waals surface area (Å²) in [4.78, 5) is 27.7. The number of nitrogens with two attached hydrogens (primary N) is 1. The number of nitrogens with one attached hydrogen (secondary N) is 1. The Morgan fingerprint density at radius 2 is 2.00 bits per heavy atom. The van der Waals surface area contributed by atoms with Gasteiger partial charge >= 0.3 is 6.03 Å². The van der Waals surface area contributed by atoms with Crippen molar-refractivity contribution in [1.29, 1.82) is 0 Å². The van der Waals surface area contributed by atoms with Gasteiger partial charge in [-0.3, -0.25) is 4.79 Å². The molecule has 1 unspecified atom stereocenters. The maximum absolute atomic E-state index is 12.7. The predicted octanol–water partition coefficient (Wildman–Crippen LogP) is 2.40. The van der Waals surface area contributed by atoms with Crippen LogP contribution in [0.5, 0.6) is 0 Å². The van der Waals surface area contributed by atoms with Gasteiger partial charge < -0.3 is 20.9 Å². The smallest absolute Gasteiger partial charge is 0.321 e. The zero-order chi connectivity index (χ0) is 17.2. The van der Waals surface area contributed by atoms with Gasteiger partial charge in [0.05, 0.1) is 0 Å². The van der Waals surface area contributed by atoms with Gasteiger partial charge in [-0.25, -0.2) is 4.79 Å². The second-order valence-electron chi connectivity index (χ2n) is 7.02. The van der Waals surface area contributed by atoms with Crippen LogP contribution in [0.4, 0.5) is 10.5 Å². The van der Waals surface area contributed by atoms with E-state index in [4.69, 9.17) is 5.73 Å². The summed E-state index contributed by atoms with van der Waals surface area (Å²) >= 11 is 0. The van der Waals surface area contributed by atoms with Gasteiger partial charge in [-0.2, -0.15) is 0 Å². The lowest BCUT2D eigenvalue weighted by molar-refractivity contribution is 0.0533. The molecule has 1 saturated heterocycles. The number of anilines is 1. The molecule has 0 aliphatic carbocycles. The van der Waals surface area contributed by atoms with Crippen molar-refractivity contribution in [2.24, 2.45) is 11.1 Å². The van der Waals surface area contributed by atoms with Gasteiger partial charge in [0.1, 0.15) is 0 Å². The quantitative estimate of drug-likeness (QED) is 0.856. The Hall–Kier alpha value is -1.79. The standard InChI is InChI=1S/C17H26N4O2.ClH/c1-17(2)11-21(9-8-14(17)18)15(22)12-6-5-7-13(10-12)19-16(23)20(3)4;/h5-7,10,14H,8-9,11,18H2,1-4H3,(H,19,23);1H. The molecular weight excluding hydrogens is 328 g/mol. The molecule has 2 rings (SSSR count). The Labute approximate surface area is 149 Å². The Balaban J connectivity index is 0.00000288. The fourth-order valence-electron chi connectivity index (χ4n) is 2.70. The van der Waals surface area contributed by atoms with E-state index >= 15 is 0 Å². The molecule has 24 heavy (non-hydrogen) atoms. The van der Waals surface area contributed by atoms with E-state index in [1.54, 1.807) is 38.4 Å². The van der Waals surface area contributed by atoms with Crippen LogP contribution in [0.25, 0.3) is 0 Å². The van der Waals surface area contributed by atoms with Gasteiger partial charge in [0.15, 0.2) is 0 Å². The summed E-state index contributed by atoms with van der Waals surface area (Å²) in [7, 11) is 3.34. The Morgan fingerprint density at radius 3 is 2.58 bits per heavy atom. The first-order valence-corrected chi connectivity index (χ1v) is 7.84. The molecule has 1 heterocycles. The van der Waals surface area contributed by atoms with Gasteiger partial charge in [0.25, 0.3) is 5.91 Å². The summed E-state index contributed by atoms with van der Waals surface area (Å²) < 4.78 is 0. The maximum atomic E-state index is 12.7. The summed E-state index contributed by atoms with van der Waals surface area (Å²) in [6.07, 6.45) is 0.801. The van der Waals surface area contributed by atoms with Crippen LogP contribution in [-0.4, -0.2) is 55.0 Å². The molecule has 6 nitrogen and oxygen atoms in total. The van der Waals surface area contributed by atoms with E-state index in [9.17, 15) is 9.59 Å². The predicted molar refractivity (Wildman–Crippen MR) is 98.7 cm³/mol. The zero-order valence-corrected chi connectivity index (χ0v) is 15.5. The number of carbonyl (C=O) groups is 2. The number of likely N-dealkylation sites (tertiary alicyclic amines) is 1. The highest BCUT2D eigenvalue weighted by molar-refractivity contribution is 5.97. The number of amides is 3. The fourth-order valence-corrected chi connectivity index (χ4v) is 2.70. The SMILES string of the molecule is CN(C)C(=O)Nc1cccc(C(=O)N2CCC(N)C(C)(C)C2)c1.Cl. The van der Waals surface area contributed by atoms with E-state index in [-0.39, 0.29) is 35.8 Å². The molecule has 0 spiro atoms. The lowest BCUT2D eigenvalue weighted by Crippen LogP contribution is -2.54. The number of halogens is 1.